The molecule has 6 rings (SSSR count). The Bertz CT molecular complexity index is 1570. The number of aromatic nitrogens is 5. The summed E-state index contributed by atoms with van der Waals surface area (Å²) in [7, 11) is 0. The fraction of sp³-hybridized carbons (Fsp3) is 0.115. The quantitative estimate of drug-likeness (QED) is 0.357. The first-order chi connectivity index (χ1) is 15.2. The summed E-state index contributed by atoms with van der Waals surface area (Å²) in [6.45, 7) is 4.49. The maximum absolute atomic E-state index is 4.44. The third-order valence-corrected chi connectivity index (χ3v) is 5.98. The lowest BCUT2D eigenvalue weighted by molar-refractivity contribution is 0.878. The van der Waals surface area contributed by atoms with Gasteiger partial charge in [0, 0.05) is 39.6 Å². The molecule has 6 aromatic rings. The van der Waals surface area contributed by atoms with Crippen molar-refractivity contribution in [1.82, 2.24) is 25.1 Å². The molecule has 2 N–H and O–H groups in total. The summed E-state index contributed by atoms with van der Waals surface area (Å²) in [6.07, 6.45) is 5.52. The van der Waals surface area contributed by atoms with E-state index < -0.39 is 0 Å². The molecular formula is C26H21N5. The fourth-order valence-corrected chi connectivity index (χ4v) is 4.53. The van der Waals surface area contributed by atoms with E-state index in [1.165, 1.54) is 22.1 Å². The molecule has 5 nitrogen and oxygen atoms in total. The van der Waals surface area contributed by atoms with Gasteiger partial charge in [-0.15, -0.1) is 0 Å². The van der Waals surface area contributed by atoms with Crippen LogP contribution in [0.1, 0.15) is 25.3 Å². The van der Waals surface area contributed by atoms with Crippen molar-refractivity contribution in [2.45, 2.75) is 19.8 Å². The summed E-state index contributed by atoms with van der Waals surface area (Å²) >= 11 is 0. The van der Waals surface area contributed by atoms with Crippen molar-refractivity contribution in [3.8, 4) is 22.4 Å². The number of nitrogens with one attached hydrogen (secondary N) is 2. The van der Waals surface area contributed by atoms with Crippen LogP contribution in [0.4, 0.5) is 0 Å². The summed E-state index contributed by atoms with van der Waals surface area (Å²) in [6, 6.07) is 19.3. The van der Waals surface area contributed by atoms with E-state index in [1.54, 1.807) is 0 Å². The van der Waals surface area contributed by atoms with Crippen LogP contribution in [0.15, 0.2) is 73.2 Å². The molecule has 0 saturated heterocycles. The van der Waals surface area contributed by atoms with Crippen molar-refractivity contribution in [3.63, 3.8) is 0 Å². The third-order valence-electron chi connectivity index (χ3n) is 5.98. The van der Waals surface area contributed by atoms with Gasteiger partial charge in [-0.1, -0.05) is 32.0 Å². The summed E-state index contributed by atoms with van der Waals surface area (Å²) in [5.74, 6) is 0.356. The third kappa shape index (κ3) is 2.81. The number of pyridine rings is 2. The first kappa shape index (κ1) is 17.8. The molecule has 0 aliphatic heterocycles. The number of aromatic amines is 2. The largest absolute Gasteiger partial charge is 0.354 e. The van der Waals surface area contributed by atoms with Gasteiger partial charge in [0.1, 0.15) is 0 Å². The van der Waals surface area contributed by atoms with Crippen LogP contribution in [0.25, 0.3) is 55.2 Å². The highest BCUT2D eigenvalue weighted by atomic mass is 15.1. The van der Waals surface area contributed by atoms with Gasteiger partial charge < -0.3 is 4.98 Å². The zero-order chi connectivity index (χ0) is 20.9. The molecule has 0 spiro atoms. The van der Waals surface area contributed by atoms with Gasteiger partial charge in [-0.3, -0.25) is 10.1 Å². The van der Waals surface area contributed by atoms with E-state index in [1.807, 2.05) is 24.7 Å². The summed E-state index contributed by atoms with van der Waals surface area (Å²) in [5.41, 5.74) is 8.93. The zero-order valence-electron chi connectivity index (χ0n) is 17.3. The van der Waals surface area contributed by atoms with Gasteiger partial charge >= 0.3 is 0 Å². The lowest BCUT2D eigenvalue weighted by atomic mass is 9.93. The number of hydrogen-bond donors (Lipinski definition) is 2. The van der Waals surface area contributed by atoms with Gasteiger partial charge in [0.15, 0.2) is 5.65 Å². The Kier molecular flexibility index (Phi) is 3.90. The minimum absolute atomic E-state index is 0.356. The molecule has 150 valence electrons. The van der Waals surface area contributed by atoms with Gasteiger partial charge in [0.25, 0.3) is 0 Å². The first-order valence-corrected chi connectivity index (χ1v) is 10.5. The predicted molar refractivity (Wildman–Crippen MR) is 126 cm³/mol. The average Bonchev–Trinajstić information content (AvgIpc) is 3.42. The molecule has 0 amide bonds. The van der Waals surface area contributed by atoms with Crippen molar-refractivity contribution < 1.29 is 0 Å². The molecule has 0 fully saturated rings. The van der Waals surface area contributed by atoms with Gasteiger partial charge in [0.2, 0.25) is 0 Å². The molecule has 2 aromatic carbocycles. The molecule has 4 heterocycles. The highest BCUT2D eigenvalue weighted by molar-refractivity contribution is 6.00. The second-order valence-electron chi connectivity index (χ2n) is 8.23. The second kappa shape index (κ2) is 6.77. The monoisotopic (exact) mass is 403 g/mol. The molecule has 0 atom stereocenters. The molecule has 0 radical (unpaired) electrons. The zero-order valence-corrected chi connectivity index (χ0v) is 17.3. The van der Waals surface area contributed by atoms with E-state index in [2.05, 4.69) is 87.5 Å². The maximum Gasteiger partial charge on any atom is 0.155 e. The van der Waals surface area contributed by atoms with Crippen LogP contribution >= 0.6 is 0 Å². The number of nitrogens with zero attached hydrogens (tertiary/aromatic N) is 3. The molecule has 0 saturated carbocycles. The van der Waals surface area contributed by atoms with Crippen molar-refractivity contribution >= 4 is 32.8 Å². The smallest absolute Gasteiger partial charge is 0.155 e. The molecule has 4 aromatic heterocycles. The number of fused-ring (bicyclic) bond motifs is 3. The van der Waals surface area contributed by atoms with E-state index in [0.717, 1.165) is 38.7 Å². The molecule has 31 heavy (non-hydrogen) atoms. The molecule has 0 bridgehead atoms. The van der Waals surface area contributed by atoms with E-state index in [9.17, 15) is 0 Å². The topological polar surface area (TPSA) is 70.2 Å². The lowest BCUT2D eigenvalue weighted by Crippen LogP contribution is -1.91. The average molecular weight is 403 g/mol. The van der Waals surface area contributed by atoms with Crippen molar-refractivity contribution in [3.05, 3.63) is 78.8 Å². The predicted octanol–water partition coefficient (Wildman–Crippen LogP) is 6.44. The van der Waals surface area contributed by atoms with Gasteiger partial charge in [-0.2, -0.15) is 5.10 Å². The first-order valence-electron chi connectivity index (χ1n) is 10.5. The van der Waals surface area contributed by atoms with E-state index in [-0.39, 0.29) is 0 Å². The normalized spacial score (nSPS) is 11.8. The van der Waals surface area contributed by atoms with Crippen LogP contribution in [0.3, 0.4) is 0 Å². The molecule has 0 aliphatic carbocycles. The Morgan fingerprint density at radius 2 is 1.71 bits per heavy atom. The van der Waals surface area contributed by atoms with Gasteiger partial charge in [-0.05, 0) is 59.0 Å². The minimum Gasteiger partial charge on any atom is -0.354 e. The number of hydrogen-bond acceptors (Lipinski definition) is 3. The summed E-state index contributed by atoms with van der Waals surface area (Å²) < 4.78 is 0. The van der Waals surface area contributed by atoms with Crippen LogP contribution in [0.5, 0.6) is 0 Å². The molecule has 0 aliphatic rings. The Labute approximate surface area is 179 Å². The van der Waals surface area contributed by atoms with Gasteiger partial charge in [0.05, 0.1) is 17.4 Å². The molecule has 0 unspecified atom stereocenters. The van der Waals surface area contributed by atoms with Crippen LogP contribution in [0.2, 0.25) is 0 Å². The fourth-order valence-electron chi connectivity index (χ4n) is 4.53. The summed E-state index contributed by atoms with van der Waals surface area (Å²) in [4.78, 5) is 12.5. The van der Waals surface area contributed by atoms with Gasteiger partial charge in [-0.25, -0.2) is 4.98 Å². The second-order valence-corrected chi connectivity index (χ2v) is 8.23. The molecular weight excluding hydrogens is 382 g/mol. The van der Waals surface area contributed by atoms with Crippen molar-refractivity contribution in [2.24, 2.45) is 0 Å². The highest BCUT2D eigenvalue weighted by Gasteiger charge is 2.19. The Balaban J connectivity index is 1.57. The number of rotatable bonds is 3. The van der Waals surface area contributed by atoms with E-state index >= 15 is 0 Å². The Morgan fingerprint density at radius 1 is 0.839 bits per heavy atom. The number of H-pyrrole nitrogens is 2. The van der Waals surface area contributed by atoms with Crippen LogP contribution < -0.4 is 0 Å². The van der Waals surface area contributed by atoms with Crippen LogP contribution in [-0.2, 0) is 0 Å². The number of benzene rings is 2. The van der Waals surface area contributed by atoms with Crippen LogP contribution in [0, 0.1) is 0 Å². The van der Waals surface area contributed by atoms with Crippen LogP contribution in [-0.4, -0.2) is 25.1 Å². The van der Waals surface area contributed by atoms with Crippen molar-refractivity contribution in [2.75, 3.05) is 0 Å². The SMILES string of the molecule is CC(C)c1c(-c2ccnc3[nH]ncc23)[nH]c2ccc(-c3ccc4ncccc4c3)cc12. The highest BCUT2D eigenvalue weighted by Crippen LogP contribution is 2.39. The minimum atomic E-state index is 0.356. The summed E-state index contributed by atoms with van der Waals surface area (Å²) in [5, 5.41) is 10.6. The van der Waals surface area contributed by atoms with E-state index in [4.69, 9.17) is 0 Å². The maximum atomic E-state index is 4.44. The molecule has 5 heteroatoms. The van der Waals surface area contributed by atoms with E-state index in [0.29, 0.717) is 5.92 Å². The standard InChI is InChI=1S/C26H21N5/c1-15(2)24-20-13-17(16-5-7-22-18(12-16)4-3-10-27-22)6-8-23(20)30-25(24)19-9-11-28-26-21(19)14-29-31-26/h3-15,30H,1-2H3,(H,28,29,31). The Morgan fingerprint density at radius 3 is 2.61 bits per heavy atom. The lowest BCUT2D eigenvalue weighted by Gasteiger charge is -2.10. The Hall–Kier alpha value is -3.99. The van der Waals surface area contributed by atoms with Crippen molar-refractivity contribution in [1.29, 1.82) is 0 Å².